The molecule has 10 unspecified atom stereocenters. The van der Waals surface area contributed by atoms with E-state index < -0.39 is 0 Å². The summed E-state index contributed by atoms with van der Waals surface area (Å²) in [7, 11) is 0. The molecule has 5 fully saturated rings. The molecule has 2 nitrogen and oxygen atoms in total. The molecule has 0 heterocycles. The van der Waals surface area contributed by atoms with Crippen molar-refractivity contribution in [3.8, 4) is 0 Å². The molecule has 200 valence electrons. The second-order valence-corrected chi connectivity index (χ2v) is 16.3. The van der Waals surface area contributed by atoms with Gasteiger partial charge in [0.2, 0.25) is 0 Å². The summed E-state index contributed by atoms with van der Waals surface area (Å²) in [5.41, 5.74) is 1.89. The predicted molar refractivity (Wildman–Crippen MR) is 148 cm³/mol. The van der Waals surface area contributed by atoms with Gasteiger partial charge in [0.25, 0.3) is 0 Å². The van der Waals surface area contributed by atoms with Crippen LogP contribution in [-0.2, 0) is 9.53 Å². The fourth-order valence-corrected chi connectivity index (χ4v) is 12.3. The van der Waals surface area contributed by atoms with Gasteiger partial charge in [-0.25, -0.2) is 0 Å². The highest BCUT2D eigenvalue weighted by Crippen LogP contribution is 2.77. The van der Waals surface area contributed by atoms with Crippen molar-refractivity contribution in [2.45, 2.75) is 126 Å². The number of rotatable bonds is 3. The third kappa shape index (κ3) is 3.54. The molecule has 5 saturated carbocycles. The van der Waals surface area contributed by atoms with Gasteiger partial charge >= 0.3 is 5.97 Å². The van der Waals surface area contributed by atoms with E-state index in [0.29, 0.717) is 32.9 Å². The minimum Gasteiger partial charge on any atom is -0.461 e. The molecule has 0 radical (unpaired) electrons. The van der Waals surface area contributed by atoms with Crippen molar-refractivity contribution < 1.29 is 9.53 Å². The fraction of sp³-hybridized carbons (Fsp3) is 0.969. The molecule has 0 aromatic rings. The number of hydrogen-bond acceptors (Lipinski definition) is 2. The molecule has 0 saturated heterocycles. The van der Waals surface area contributed by atoms with Crippen molar-refractivity contribution in [2.24, 2.45) is 62.6 Å². The lowest BCUT2D eigenvalue weighted by Gasteiger charge is -2.73. The second-order valence-electron chi connectivity index (χ2n) is 15.8. The van der Waals surface area contributed by atoms with Gasteiger partial charge in [0, 0.05) is 5.41 Å². The normalized spacial score (nSPS) is 52.7. The minimum absolute atomic E-state index is 0.0449. The number of fused-ring (bicyclic) bond motifs is 7. The van der Waals surface area contributed by atoms with Crippen LogP contribution in [0.5, 0.6) is 0 Å². The molecule has 0 aromatic carbocycles. The van der Waals surface area contributed by atoms with E-state index in [0.717, 1.165) is 36.0 Å². The Kier molecular flexibility index (Phi) is 6.43. The third-order valence-electron chi connectivity index (χ3n) is 14.1. The lowest BCUT2D eigenvalue weighted by molar-refractivity contribution is -0.250. The monoisotopic (exact) mass is 548 g/mol. The SMILES string of the molecule is CC(C)C1CCC2(C)CCC3(C)C(CCC4C5(C)CCC(OC(=O)CBr)C(C)(C)C5CCC43C)C12. The molecule has 0 spiro atoms. The van der Waals surface area contributed by atoms with Crippen LogP contribution in [0.25, 0.3) is 0 Å². The molecule has 35 heavy (non-hydrogen) atoms. The van der Waals surface area contributed by atoms with Gasteiger partial charge in [0.05, 0.1) is 0 Å². The van der Waals surface area contributed by atoms with E-state index in [4.69, 9.17) is 4.74 Å². The maximum atomic E-state index is 12.2. The largest absolute Gasteiger partial charge is 0.461 e. The van der Waals surface area contributed by atoms with Gasteiger partial charge < -0.3 is 4.74 Å². The van der Waals surface area contributed by atoms with Gasteiger partial charge in [0.15, 0.2) is 0 Å². The van der Waals surface area contributed by atoms with Crippen LogP contribution in [0.1, 0.15) is 120 Å². The number of hydrogen-bond donors (Lipinski definition) is 0. The fourth-order valence-electron chi connectivity index (χ4n) is 12.1. The maximum absolute atomic E-state index is 12.2. The Morgan fingerprint density at radius 1 is 0.829 bits per heavy atom. The molecule has 0 aromatic heterocycles. The molecule has 3 heteroatoms. The first-order valence-electron chi connectivity index (χ1n) is 15.0. The zero-order valence-corrected chi connectivity index (χ0v) is 25.6. The molecule has 5 aliphatic carbocycles. The summed E-state index contributed by atoms with van der Waals surface area (Å²) in [4.78, 5) is 12.2. The smallest absolute Gasteiger partial charge is 0.316 e. The summed E-state index contributed by atoms with van der Waals surface area (Å²) in [5.74, 6) is 4.92. The average Bonchev–Trinajstić information content (AvgIpc) is 3.14. The quantitative estimate of drug-likeness (QED) is 0.259. The molecule has 0 amide bonds. The van der Waals surface area contributed by atoms with Crippen molar-refractivity contribution in [1.82, 2.24) is 0 Å². The molecule has 0 bridgehead atoms. The van der Waals surface area contributed by atoms with E-state index >= 15 is 0 Å². The summed E-state index contributed by atoms with van der Waals surface area (Å²) in [6.07, 6.45) is 13.7. The second kappa shape index (κ2) is 8.47. The lowest BCUT2D eigenvalue weighted by Crippen LogP contribution is -2.66. The van der Waals surface area contributed by atoms with Crippen LogP contribution in [0.2, 0.25) is 0 Å². The van der Waals surface area contributed by atoms with E-state index in [1.54, 1.807) is 0 Å². The third-order valence-corrected chi connectivity index (χ3v) is 14.5. The van der Waals surface area contributed by atoms with E-state index in [1.165, 1.54) is 57.8 Å². The lowest BCUT2D eigenvalue weighted by atomic mass is 9.32. The molecule has 5 aliphatic rings. The first kappa shape index (κ1) is 26.6. The van der Waals surface area contributed by atoms with Crippen LogP contribution in [0.15, 0.2) is 0 Å². The topological polar surface area (TPSA) is 26.3 Å². The predicted octanol–water partition coefficient (Wildman–Crippen LogP) is 9.05. The number of carbonyl (C=O) groups excluding carboxylic acids is 1. The molecule has 0 aliphatic heterocycles. The Balaban J connectivity index is 1.47. The van der Waals surface area contributed by atoms with Gasteiger partial charge in [-0.1, -0.05) is 71.3 Å². The maximum Gasteiger partial charge on any atom is 0.316 e. The van der Waals surface area contributed by atoms with Crippen molar-refractivity contribution in [2.75, 3.05) is 5.33 Å². The standard InChI is InChI=1S/C32H53BrO2/c1-20(2)21-11-14-29(5)17-18-31(7)22(27(21)29)9-10-24-30(6)15-13-25(35-26(34)19-33)28(3,4)23(30)12-16-32(24,31)8/h20-25,27H,9-19H2,1-8H3. The first-order valence-corrected chi connectivity index (χ1v) is 16.1. The summed E-state index contributed by atoms with van der Waals surface area (Å²) in [6, 6.07) is 0. The number of carbonyl (C=O) groups is 1. The van der Waals surface area contributed by atoms with Crippen LogP contribution in [0.3, 0.4) is 0 Å². The molecule has 0 N–H and O–H groups in total. The summed E-state index contributed by atoms with van der Waals surface area (Å²) < 4.78 is 6.02. The summed E-state index contributed by atoms with van der Waals surface area (Å²) in [5, 5.41) is 0.305. The van der Waals surface area contributed by atoms with E-state index in [2.05, 4.69) is 71.3 Å². The number of alkyl halides is 1. The molecule has 10 atom stereocenters. The van der Waals surface area contributed by atoms with Gasteiger partial charge in [-0.05, 0) is 121 Å². The molecular formula is C32H53BrO2. The van der Waals surface area contributed by atoms with Gasteiger partial charge in [-0.15, -0.1) is 0 Å². The number of esters is 1. The highest BCUT2D eigenvalue weighted by molar-refractivity contribution is 9.09. The summed E-state index contributed by atoms with van der Waals surface area (Å²) in [6.45, 7) is 20.7. The molecular weight excluding hydrogens is 496 g/mol. The van der Waals surface area contributed by atoms with Crippen molar-refractivity contribution in [3.05, 3.63) is 0 Å². The number of halogens is 1. The molecule has 5 rings (SSSR count). The van der Waals surface area contributed by atoms with Gasteiger partial charge in [0.1, 0.15) is 11.4 Å². The first-order chi connectivity index (χ1) is 16.2. The Morgan fingerprint density at radius 3 is 2.20 bits per heavy atom. The van der Waals surface area contributed by atoms with Crippen LogP contribution in [0, 0.1) is 62.6 Å². The van der Waals surface area contributed by atoms with Crippen LogP contribution in [0.4, 0.5) is 0 Å². The Morgan fingerprint density at radius 2 is 1.54 bits per heavy atom. The minimum atomic E-state index is -0.0955. The van der Waals surface area contributed by atoms with Gasteiger partial charge in [-0.2, -0.15) is 0 Å². The van der Waals surface area contributed by atoms with Crippen molar-refractivity contribution in [1.29, 1.82) is 0 Å². The average molecular weight is 550 g/mol. The van der Waals surface area contributed by atoms with Crippen molar-refractivity contribution in [3.63, 3.8) is 0 Å². The number of ether oxygens (including phenoxy) is 1. The Bertz CT molecular complexity index is 851. The van der Waals surface area contributed by atoms with Crippen LogP contribution < -0.4 is 0 Å². The Labute approximate surface area is 224 Å². The zero-order valence-electron chi connectivity index (χ0n) is 24.0. The van der Waals surface area contributed by atoms with E-state index in [-0.39, 0.29) is 17.5 Å². The van der Waals surface area contributed by atoms with Crippen LogP contribution >= 0.6 is 15.9 Å². The highest BCUT2D eigenvalue weighted by atomic mass is 79.9. The Hall–Kier alpha value is -0.0500. The van der Waals surface area contributed by atoms with Gasteiger partial charge in [-0.3, -0.25) is 4.79 Å². The van der Waals surface area contributed by atoms with Crippen LogP contribution in [-0.4, -0.2) is 17.4 Å². The van der Waals surface area contributed by atoms with Crippen molar-refractivity contribution >= 4 is 21.9 Å². The van der Waals surface area contributed by atoms with E-state index in [1.807, 2.05) is 0 Å². The zero-order chi connectivity index (χ0) is 25.6. The summed E-state index contributed by atoms with van der Waals surface area (Å²) >= 11 is 3.31. The van der Waals surface area contributed by atoms with E-state index in [9.17, 15) is 4.79 Å². The highest BCUT2D eigenvalue weighted by Gasteiger charge is 2.70.